The first kappa shape index (κ1) is 9.17. The van der Waals surface area contributed by atoms with Gasteiger partial charge < -0.3 is 10.5 Å². The fourth-order valence-corrected chi connectivity index (χ4v) is 3.77. The van der Waals surface area contributed by atoms with E-state index in [2.05, 4.69) is 0 Å². The number of hydrogen-bond donors (Lipinski definition) is 1. The Morgan fingerprint density at radius 3 is 2.07 bits per heavy atom. The van der Waals surface area contributed by atoms with E-state index in [1.165, 1.54) is 38.5 Å². The second kappa shape index (κ2) is 2.96. The Bertz CT molecular complexity index is 221. The molecule has 0 radical (unpaired) electrons. The van der Waals surface area contributed by atoms with Crippen LogP contribution in [0.2, 0.25) is 0 Å². The Hall–Kier alpha value is -0.0800. The molecule has 1 aliphatic heterocycles. The molecular weight excluding hydrogens is 174 g/mol. The molecule has 3 aliphatic rings. The molecule has 0 bridgehead atoms. The molecule has 0 aromatic carbocycles. The van der Waals surface area contributed by atoms with Crippen LogP contribution in [0.1, 0.15) is 38.5 Å². The predicted molar refractivity (Wildman–Crippen MR) is 55.9 cm³/mol. The number of ether oxygens (including phenoxy) is 1. The van der Waals surface area contributed by atoms with Gasteiger partial charge in [-0.3, -0.25) is 0 Å². The van der Waals surface area contributed by atoms with E-state index in [9.17, 15) is 0 Å². The Morgan fingerprint density at radius 1 is 1.14 bits per heavy atom. The summed E-state index contributed by atoms with van der Waals surface area (Å²) < 4.78 is 5.52. The number of nitrogens with two attached hydrogens (primary N) is 1. The summed E-state index contributed by atoms with van der Waals surface area (Å²) in [6.07, 6.45) is 8.43. The van der Waals surface area contributed by atoms with Crippen molar-refractivity contribution in [1.82, 2.24) is 0 Å². The Labute approximate surface area is 86.2 Å². The first-order valence-electron chi connectivity index (χ1n) is 6.11. The predicted octanol–water partition coefficient (Wildman–Crippen LogP) is 1.93. The quantitative estimate of drug-likeness (QED) is 0.747. The van der Waals surface area contributed by atoms with Crippen LogP contribution in [-0.2, 0) is 4.74 Å². The Balaban J connectivity index is 1.83. The van der Waals surface area contributed by atoms with Crippen molar-refractivity contribution < 1.29 is 4.74 Å². The maximum Gasteiger partial charge on any atom is 0.0553 e. The molecule has 0 aromatic rings. The van der Waals surface area contributed by atoms with Crippen molar-refractivity contribution in [2.75, 3.05) is 19.8 Å². The van der Waals surface area contributed by atoms with Crippen LogP contribution in [0.15, 0.2) is 0 Å². The molecule has 0 aromatic heterocycles. The normalized spacial score (nSPS) is 34.1. The maximum absolute atomic E-state index is 6.03. The Morgan fingerprint density at radius 2 is 1.86 bits per heavy atom. The third-order valence-corrected chi connectivity index (χ3v) is 5.36. The molecule has 3 rings (SSSR count). The van der Waals surface area contributed by atoms with Gasteiger partial charge in [0.25, 0.3) is 0 Å². The topological polar surface area (TPSA) is 35.2 Å². The van der Waals surface area contributed by atoms with Crippen LogP contribution in [0.25, 0.3) is 0 Å². The minimum absolute atomic E-state index is 0.482. The molecule has 1 saturated heterocycles. The second-order valence-electron chi connectivity index (χ2n) is 5.61. The third-order valence-electron chi connectivity index (χ3n) is 5.36. The van der Waals surface area contributed by atoms with E-state index in [0.29, 0.717) is 10.8 Å². The highest BCUT2D eigenvalue weighted by molar-refractivity contribution is 5.10. The summed E-state index contributed by atoms with van der Waals surface area (Å²) in [4.78, 5) is 0. The van der Waals surface area contributed by atoms with E-state index in [-0.39, 0.29) is 0 Å². The summed E-state index contributed by atoms with van der Waals surface area (Å²) in [5.41, 5.74) is 7.02. The van der Waals surface area contributed by atoms with Crippen molar-refractivity contribution in [3.8, 4) is 0 Å². The summed E-state index contributed by atoms with van der Waals surface area (Å²) in [6.45, 7) is 2.91. The van der Waals surface area contributed by atoms with Crippen LogP contribution in [0, 0.1) is 16.7 Å². The largest absolute Gasteiger partial charge is 0.380 e. The van der Waals surface area contributed by atoms with Crippen molar-refractivity contribution in [2.24, 2.45) is 22.5 Å². The van der Waals surface area contributed by atoms with Crippen molar-refractivity contribution in [2.45, 2.75) is 38.5 Å². The van der Waals surface area contributed by atoms with Gasteiger partial charge in [0, 0.05) is 5.41 Å². The fraction of sp³-hybridized carbons (Fsp3) is 1.00. The second-order valence-corrected chi connectivity index (χ2v) is 5.61. The van der Waals surface area contributed by atoms with Crippen molar-refractivity contribution in [3.63, 3.8) is 0 Å². The molecule has 1 heterocycles. The van der Waals surface area contributed by atoms with Gasteiger partial charge >= 0.3 is 0 Å². The lowest BCUT2D eigenvalue weighted by Gasteiger charge is -2.64. The highest BCUT2D eigenvalue weighted by Gasteiger charge is 2.62. The average molecular weight is 195 g/mol. The minimum Gasteiger partial charge on any atom is -0.380 e. The molecule has 2 N–H and O–H groups in total. The van der Waals surface area contributed by atoms with Gasteiger partial charge in [-0.25, -0.2) is 0 Å². The Kier molecular flexibility index (Phi) is 1.94. The monoisotopic (exact) mass is 195 g/mol. The first-order chi connectivity index (χ1) is 6.83. The smallest absolute Gasteiger partial charge is 0.0553 e. The van der Waals surface area contributed by atoms with Crippen LogP contribution in [0.4, 0.5) is 0 Å². The molecule has 14 heavy (non-hydrogen) atoms. The fourth-order valence-electron chi connectivity index (χ4n) is 3.77. The number of rotatable bonds is 3. The van der Waals surface area contributed by atoms with Gasteiger partial charge in [0.2, 0.25) is 0 Å². The van der Waals surface area contributed by atoms with E-state index in [1.807, 2.05) is 0 Å². The zero-order valence-electron chi connectivity index (χ0n) is 8.93. The van der Waals surface area contributed by atoms with Crippen LogP contribution >= 0.6 is 0 Å². The molecule has 0 atom stereocenters. The van der Waals surface area contributed by atoms with E-state index in [1.54, 1.807) is 0 Å². The lowest BCUT2D eigenvalue weighted by atomic mass is 9.45. The van der Waals surface area contributed by atoms with Crippen LogP contribution in [0.5, 0.6) is 0 Å². The number of hydrogen-bond acceptors (Lipinski definition) is 2. The van der Waals surface area contributed by atoms with Gasteiger partial charge in [-0.1, -0.05) is 12.8 Å². The van der Waals surface area contributed by atoms with Crippen molar-refractivity contribution >= 4 is 0 Å². The molecule has 0 spiro atoms. The van der Waals surface area contributed by atoms with E-state index < -0.39 is 0 Å². The molecule has 2 saturated carbocycles. The van der Waals surface area contributed by atoms with Gasteiger partial charge in [-0.15, -0.1) is 0 Å². The summed E-state index contributed by atoms with van der Waals surface area (Å²) in [5.74, 6) is 0.945. The SMILES string of the molecule is NCC1(C2(C3CCC3)COC2)CCC1. The summed E-state index contributed by atoms with van der Waals surface area (Å²) >= 11 is 0. The molecule has 0 amide bonds. The molecule has 2 heteroatoms. The zero-order chi connectivity index (χ0) is 9.65. The molecule has 80 valence electrons. The highest BCUT2D eigenvalue weighted by atomic mass is 16.5. The van der Waals surface area contributed by atoms with Crippen molar-refractivity contribution in [3.05, 3.63) is 0 Å². The van der Waals surface area contributed by atoms with E-state index in [4.69, 9.17) is 10.5 Å². The van der Waals surface area contributed by atoms with Gasteiger partial charge in [0.05, 0.1) is 13.2 Å². The van der Waals surface area contributed by atoms with Gasteiger partial charge in [-0.2, -0.15) is 0 Å². The van der Waals surface area contributed by atoms with Crippen LogP contribution < -0.4 is 5.73 Å². The van der Waals surface area contributed by atoms with E-state index in [0.717, 1.165) is 25.7 Å². The third kappa shape index (κ3) is 0.892. The van der Waals surface area contributed by atoms with Gasteiger partial charge in [-0.05, 0) is 43.6 Å². The summed E-state index contributed by atoms with van der Waals surface area (Å²) in [5, 5.41) is 0. The maximum atomic E-state index is 6.03. The minimum atomic E-state index is 0.482. The highest BCUT2D eigenvalue weighted by Crippen LogP contribution is 2.63. The molecule has 3 fully saturated rings. The summed E-state index contributed by atoms with van der Waals surface area (Å²) in [7, 11) is 0. The molecule has 2 aliphatic carbocycles. The zero-order valence-corrected chi connectivity index (χ0v) is 8.93. The van der Waals surface area contributed by atoms with Crippen LogP contribution in [-0.4, -0.2) is 19.8 Å². The van der Waals surface area contributed by atoms with Crippen LogP contribution in [0.3, 0.4) is 0 Å². The first-order valence-corrected chi connectivity index (χ1v) is 6.11. The van der Waals surface area contributed by atoms with Gasteiger partial charge in [0.15, 0.2) is 0 Å². The standard InChI is InChI=1S/C12H21NO/c13-7-11(5-2-6-11)12(8-14-9-12)10-3-1-4-10/h10H,1-9,13H2. The molecular formula is C12H21NO. The van der Waals surface area contributed by atoms with E-state index >= 15 is 0 Å². The lowest BCUT2D eigenvalue weighted by molar-refractivity contribution is -0.248. The van der Waals surface area contributed by atoms with Gasteiger partial charge in [0.1, 0.15) is 0 Å². The lowest BCUT2D eigenvalue weighted by Crippen LogP contribution is -2.65. The average Bonchev–Trinajstić information content (AvgIpc) is 1.94. The molecule has 0 unspecified atom stereocenters. The summed E-state index contributed by atoms with van der Waals surface area (Å²) in [6, 6.07) is 0. The van der Waals surface area contributed by atoms with Crippen molar-refractivity contribution in [1.29, 1.82) is 0 Å². The molecule has 2 nitrogen and oxygen atoms in total.